The van der Waals surface area contributed by atoms with E-state index in [0.717, 1.165) is 42.2 Å². The molecule has 0 aromatic heterocycles. The van der Waals surface area contributed by atoms with Crippen molar-refractivity contribution in [2.75, 3.05) is 16.8 Å². The van der Waals surface area contributed by atoms with Crippen molar-refractivity contribution in [3.63, 3.8) is 0 Å². The number of nitrogens with one attached hydrogen (secondary N) is 1. The van der Waals surface area contributed by atoms with E-state index in [1.807, 2.05) is 11.8 Å². The fraction of sp³-hybridized carbons (Fsp3) is 0.500. The molecule has 0 radical (unpaired) electrons. The van der Waals surface area contributed by atoms with Gasteiger partial charge in [0.1, 0.15) is 0 Å². The first kappa shape index (κ1) is 14.1. The molecule has 1 aliphatic rings. The molecule has 0 atom stereocenters. The van der Waals surface area contributed by atoms with Gasteiger partial charge in [-0.3, -0.25) is 0 Å². The largest absolute Gasteiger partial charge is 0.416 e. The van der Waals surface area contributed by atoms with E-state index in [9.17, 15) is 13.2 Å². The lowest BCUT2D eigenvalue weighted by Crippen LogP contribution is -2.24. The minimum absolute atomic E-state index is 0.360. The van der Waals surface area contributed by atoms with E-state index in [4.69, 9.17) is 0 Å². The maximum absolute atomic E-state index is 12.5. The summed E-state index contributed by atoms with van der Waals surface area (Å²) in [6.45, 7) is 0. The number of halogens is 4. The summed E-state index contributed by atoms with van der Waals surface area (Å²) in [5.41, 5.74) is 0.110. The second-order valence-corrected chi connectivity index (χ2v) is 6.30. The van der Waals surface area contributed by atoms with Gasteiger partial charge < -0.3 is 5.32 Å². The van der Waals surface area contributed by atoms with Crippen LogP contribution in [-0.2, 0) is 6.18 Å². The molecule has 1 fully saturated rings. The second kappa shape index (κ2) is 5.74. The van der Waals surface area contributed by atoms with Crippen LogP contribution in [0.25, 0.3) is 0 Å². The van der Waals surface area contributed by atoms with Crippen molar-refractivity contribution in [3.8, 4) is 0 Å². The summed E-state index contributed by atoms with van der Waals surface area (Å²) in [7, 11) is 0. The van der Waals surface area contributed by atoms with Crippen molar-refractivity contribution in [2.24, 2.45) is 0 Å². The van der Waals surface area contributed by atoms with E-state index < -0.39 is 11.7 Å². The van der Waals surface area contributed by atoms with Crippen LogP contribution in [0.1, 0.15) is 18.4 Å². The predicted octanol–water partition coefficient (Wildman–Crippen LogP) is 4.78. The van der Waals surface area contributed by atoms with Crippen molar-refractivity contribution in [2.45, 2.75) is 25.1 Å². The first-order chi connectivity index (χ1) is 8.47. The zero-order chi connectivity index (χ0) is 13.2. The Hall–Kier alpha value is -0.360. The third-order valence-corrected chi connectivity index (χ3v) is 4.58. The van der Waals surface area contributed by atoms with Crippen molar-refractivity contribution >= 4 is 33.4 Å². The molecule has 1 aromatic rings. The van der Waals surface area contributed by atoms with Crippen molar-refractivity contribution in [1.29, 1.82) is 0 Å². The van der Waals surface area contributed by atoms with Crippen LogP contribution in [0, 0.1) is 0 Å². The van der Waals surface area contributed by atoms with Gasteiger partial charge >= 0.3 is 6.18 Å². The average molecular weight is 340 g/mol. The highest BCUT2D eigenvalue weighted by molar-refractivity contribution is 9.10. The minimum Gasteiger partial charge on any atom is -0.381 e. The van der Waals surface area contributed by atoms with Gasteiger partial charge in [0, 0.05) is 16.2 Å². The highest BCUT2D eigenvalue weighted by Gasteiger charge is 2.30. The summed E-state index contributed by atoms with van der Waals surface area (Å²) in [5.74, 6) is 2.21. The Morgan fingerprint density at radius 3 is 2.44 bits per heavy atom. The van der Waals surface area contributed by atoms with E-state index in [1.165, 1.54) is 6.07 Å². The molecule has 2 rings (SSSR count). The maximum atomic E-state index is 12.5. The molecular weight excluding hydrogens is 327 g/mol. The Labute approximate surface area is 117 Å². The van der Waals surface area contributed by atoms with Gasteiger partial charge in [0.05, 0.1) is 5.56 Å². The molecule has 1 heterocycles. The quantitative estimate of drug-likeness (QED) is 0.832. The fourth-order valence-corrected chi connectivity index (χ4v) is 3.47. The number of hydrogen-bond donors (Lipinski definition) is 1. The summed E-state index contributed by atoms with van der Waals surface area (Å²) < 4.78 is 38.0. The molecule has 1 aliphatic heterocycles. The highest BCUT2D eigenvalue weighted by Crippen LogP contribution is 2.34. The van der Waals surface area contributed by atoms with Gasteiger partial charge in [-0.25, -0.2) is 0 Å². The fourth-order valence-electron chi connectivity index (χ4n) is 1.87. The number of hydrogen-bond acceptors (Lipinski definition) is 2. The van der Waals surface area contributed by atoms with E-state index in [1.54, 1.807) is 0 Å². The van der Waals surface area contributed by atoms with Crippen LogP contribution in [-0.4, -0.2) is 17.5 Å². The Balaban J connectivity index is 2.09. The van der Waals surface area contributed by atoms with Gasteiger partial charge in [-0.05, 0) is 58.5 Å². The van der Waals surface area contributed by atoms with E-state index in [-0.39, 0.29) is 0 Å². The molecule has 1 saturated heterocycles. The molecule has 0 bridgehead atoms. The summed E-state index contributed by atoms with van der Waals surface area (Å²) >= 11 is 5.12. The van der Waals surface area contributed by atoms with Gasteiger partial charge in [-0.2, -0.15) is 24.9 Å². The number of alkyl halides is 3. The molecule has 100 valence electrons. The number of anilines is 1. The topological polar surface area (TPSA) is 12.0 Å². The standard InChI is InChI=1S/C12H13BrF3NS/c13-10-7-8(12(14,15)16)1-2-11(10)17-9-3-5-18-6-4-9/h1-2,7,9,17H,3-6H2. The third kappa shape index (κ3) is 3.57. The van der Waals surface area contributed by atoms with E-state index in [0.29, 0.717) is 10.5 Å². The second-order valence-electron chi connectivity index (χ2n) is 4.22. The van der Waals surface area contributed by atoms with Crippen molar-refractivity contribution < 1.29 is 13.2 Å². The predicted molar refractivity (Wildman–Crippen MR) is 73.1 cm³/mol. The number of benzene rings is 1. The van der Waals surface area contributed by atoms with E-state index >= 15 is 0 Å². The zero-order valence-electron chi connectivity index (χ0n) is 9.56. The molecule has 0 aliphatic carbocycles. The summed E-state index contributed by atoms with van der Waals surface area (Å²) in [6, 6.07) is 4.10. The molecule has 1 nitrogen and oxygen atoms in total. The first-order valence-corrected chi connectivity index (χ1v) is 7.62. The van der Waals surface area contributed by atoms with Crippen LogP contribution < -0.4 is 5.32 Å². The molecule has 18 heavy (non-hydrogen) atoms. The zero-order valence-corrected chi connectivity index (χ0v) is 12.0. The molecule has 1 N–H and O–H groups in total. The summed E-state index contributed by atoms with van der Waals surface area (Å²) in [5, 5.41) is 3.30. The van der Waals surface area contributed by atoms with Crippen LogP contribution in [0.5, 0.6) is 0 Å². The average Bonchev–Trinajstić information content (AvgIpc) is 2.32. The minimum atomic E-state index is -4.29. The van der Waals surface area contributed by atoms with Gasteiger partial charge in [0.2, 0.25) is 0 Å². The molecule has 0 amide bonds. The lowest BCUT2D eigenvalue weighted by molar-refractivity contribution is -0.137. The Kier molecular flexibility index (Phi) is 4.48. The van der Waals surface area contributed by atoms with Crippen LogP contribution in [0.15, 0.2) is 22.7 Å². The Morgan fingerprint density at radius 2 is 1.89 bits per heavy atom. The highest BCUT2D eigenvalue weighted by atomic mass is 79.9. The Morgan fingerprint density at radius 1 is 1.22 bits per heavy atom. The van der Waals surface area contributed by atoms with Crippen LogP contribution in [0.4, 0.5) is 18.9 Å². The lowest BCUT2D eigenvalue weighted by atomic mass is 10.1. The SMILES string of the molecule is FC(F)(F)c1ccc(NC2CCSCC2)c(Br)c1. The monoisotopic (exact) mass is 339 g/mol. The van der Waals surface area contributed by atoms with Crippen molar-refractivity contribution in [1.82, 2.24) is 0 Å². The maximum Gasteiger partial charge on any atom is 0.416 e. The van der Waals surface area contributed by atoms with Gasteiger partial charge in [0.15, 0.2) is 0 Å². The first-order valence-electron chi connectivity index (χ1n) is 5.68. The summed E-state index contributed by atoms with van der Waals surface area (Å²) in [6.07, 6.45) is -2.18. The van der Waals surface area contributed by atoms with E-state index in [2.05, 4.69) is 21.2 Å². The number of rotatable bonds is 2. The molecule has 0 saturated carbocycles. The molecule has 1 aromatic carbocycles. The van der Waals surface area contributed by atoms with Gasteiger partial charge in [-0.1, -0.05) is 0 Å². The number of thioether (sulfide) groups is 1. The van der Waals surface area contributed by atoms with Crippen molar-refractivity contribution in [3.05, 3.63) is 28.2 Å². The smallest absolute Gasteiger partial charge is 0.381 e. The normalized spacial score (nSPS) is 17.8. The lowest BCUT2D eigenvalue weighted by Gasteiger charge is -2.24. The molecular formula is C12H13BrF3NS. The molecule has 6 heteroatoms. The molecule has 0 unspecified atom stereocenters. The molecule has 0 spiro atoms. The van der Waals surface area contributed by atoms with Crippen LogP contribution in [0.2, 0.25) is 0 Å². The van der Waals surface area contributed by atoms with Crippen LogP contribution >= 0.6 is 27.7 Å². The van der Waals surface area contributed by atoms with Crippen LogP contribution in [0.3, 0.4) is 0 Å². The van der Waals surface area contributed by atoms with Gasteiger partial charge in [-0.15, -0.1) is 0 Å². The van der Waals surface area contributed by atoms with Gasteiger partial charge in [0.25, 0.3) is 0 Å². The summed E-state index contributed by atoms with van der Waals surface area (Å²) in [4.78, 5) is 0. The Bertz CT molecular complexity index is 416. The third-order valence-electron chi connectivity index (χ3n) is 2.88.